The first-order valence-electron chi connectivity index (χ1n) is 4.73. The van der Waals surface area contributed by atoms with Gasteiger partial charge in [-0.15, -0.1) is 0 Å². The van der Waals surface area contributed by atoms with E-state index in [1.165, 1.54) is 0 Å². The molecule has 1 heterocycles. The summed E-state index contributed by atoms with van der Waals surface area (Å²) in [4.78, 5) is 15.2. The minimum absolute atomic E-state index is 0.0599. The van der Waals surface area contributed by atoms with E-state index in [9.17, 15) is 4.79 Å². The molecule has 4 heteroatoms. The van der Waals surface area contributed by atoms with E-state index in [1.54, 1.807) is 6.92 Å². The average Bonchev–Trinajstić information content (AvgIpc) is 1.92. The summed E-state index contributed by atoms with van der Waals surface area (Å²) in [6.45, 7) is 5.57. The fourth-order valence-corrected chi connectivity index (χ4v) is 1.44. The molecule has 0 aromatic carbocycles. The predicted molar refractivity (Wildman–Crippen MR) is 52.6 cm³/mol. The SMILES string of the molecule is CC(=O)NCCN1CC(N(C)C)C1. The quantitative estimate of drug-likeness (QED) is 0.633. The Morgan fingerprint density at radius 2 is 2.15 bits per heavy atom. The van der Waals surface area contributed by atoms with Crippen LogP contribution in [-0.4, -0.2) is 62.0 Å². The Balaban J connectivity index is 1.99. The zero-order valence-electron chi connectivity index (χ0n) is 8.71. The van der Waals surface area contributed by atoms with Crippen molar-refractivity contribution in [2.45, 2.75) is 13.0 Å². The molecule has 4 nitrogen and oxygen atoms in total. The Morgan fingerprint density at radius 1 is 1.54 bits per heavy atom. The summed E-state index contributed by atoms with van der Waals surface area (Å²) in [6.07, 6.45) is 0. The number of hydrogen-bond donors (Lipinski definition) is 1. The molecule has 1 N–H and O–H groups in total. The van der Waals surface area contributed by atoms with Crippen LogP contribution < -0.4 is 5.32 Å². The van der Waals surface area contributed by atoms with Crippen LogP contribution in [-0.2, 0) is 4.79 Å². The summed E-state index contributed by atoms with van der Waals surface area (Å²) in [5.41, 5.74) is 0. The van der Waals surface area contributed by atoms with Crippen molar-refractivity contribution in [2.24, 2.45) is 0 Å². The van der Waals surface area contributed by atoms with Gasteiger partial charge in [-0.2, -0.15) is 0 Å². The van der Waals surface area contributed by atoms with E-state index in [1.807, 2.05) is 0 Å². The van der Waals surface area contributed by atoms with Crippen LogP contribution in [0.5, 0.6) is 0 Å². The molecule has 0 radical (unpaired) electrons. The van der Waals surface area contributed by atoms with Gasteiger partial charge in [-0.3, -0.25) is 9.69 Å². The first-order valence-corrected chi connectivity index (χ1v) is 4.73. The van der Waals surface area contributed by atoms with Crippen molar-refractivity contribution in [1.82, 2.24) is 15.1 Å². The van der Waals surface area contributed by atoms with E-state index in [0.29, 0.717) is 6.04 Å². The summed E-state index contributed by atoms with van der Waals surface area (Å²) in [6, 6.07) is 0.706. The smallest absolute Gasteiger partial charge is 0.216 e. The highest BCUT2D eigenvalue weighted by molar-refractivity contribution is 5.72. The number of nitrogens with one attached hydrogen (secondary N) is 1. The molecule has 76 valence electrons. The summed E-state index contributed by atoms with van der Waals surface area (Å²) in [5.74, 6) is 0.0599. The van der Waals surface area contributed by atoms with E-state index in [2.05, 4.69) is 29.2 Å². The fraction of sp³-hybridized carbons (Fsp3) is 0.889. The standard InChI is InChI=1S/C9H19N3O/c1-8(13)10-4-5-12-6-9(7-12)11(2)3/h9H,4-7H2,1-3H3,(H,10,13). The van der Waals surface area contributed by atoms with Crippen molar-refractivity contribution in [3.63, 3.8) is 0 Å². The second kappa shape index (κ2) is 4.58. The second-order valence-corrected chi connectivity index (χ2v) is 3.86. The molecule has 1 fully saturated rings. The van der Waals surface area contributed by atoms with Crippen molar-refractivity contribution in [2.75, 3.05) is 40.3 Å². The predicted octanol–water partition coefficient (Wildman–Crippen LogP) is -0.632. The molecule has 0 unspecified atom stereocenters. The number of amides is 1. The summed E-state index contributed by atoms with van der Waals surface area (Å²) in [7, 11) is 4.21. The highest BCUT2D eigenvalue weighted by atomic mass is 16.1. The number of nitrogens with zero attached hydrogens (tertiary/aromatic N) is 2. The summed E-state index contributed by atoms with van der Waals surface area (Å²) >= 11 is 0. The lowest BCUT2D eigenvalue weighted by molar-refractivity contribution is -0.119. The average molecular weight is 185 g/mol. The van der Waals surface area contributed by atoms with Gasteiger partial charge in [0.2, 0.25) is 5.91 Å². The van der Waals surface area contributed by atoms with Gasteiger partial charge in [0.1, 0.15) is 0 Å². The van der Waals surface area contributed by atoms with Crippen LogP contribution in [0.4, 0.5) is 0 Å². The van der Waals surface area contributed by atoms with Crippen LogP contribution in [0.3, 0.4) is 0 Å². The first-order chi connectivity index (χ1) is 6.09. The number of rotatable bonds is 4. The van der Waals surface area contributed by atoms with E-state index >= 15 is 0 Å². The van der Waals surface area contributed by atoms with Crippen LogP contribution in [0.25, 0.3) is 0 Å². The lowest BCUT2D eigenvalue weighted by Gasteiger charge is -2.42. The molecule has 0 spiro atoms. The largest absolute Gasteiger partial charge is 0.355 e. The number of hydrogen-bond acceptors (Lipinski definition) is 3. The molecular weight excluding hydrogens is 166 g/mol. The van der Waals surface area contributed by atoms with Gasteiger partial charge in [-0.1, -0.05) is 0 Å². The highest BCUT2D eigenvalue weighted by Crippen LogP contribution is 2.10. The second-order valence-electron chi connectivity index (χ2n) is 3.86. The molecule has 0 saturated carbocycles. The van der Waals surface area contributed by atoms with Crippen molar-refractivity contribution in [3.8, 4) is 0 Å². The number of likely N-dealkylation sites (tertiary alicyclic amines) is 1. The fourth-order valence-electron chi connectivity index (χ4n) is 1.44. The third-order valence-corrected chi connectivity index (χ3v) is 2.47. The third kappa shape index (κ3) is 3.32. The zero-order valence-corrected chi connectivity index (χ0v) is 8.71. The Labute approximate surface area is 79.9 Å². The van der Waals surface area contributed by atoms with Gasteiger partial charge in [0, 0.05) is 39.1 Å². The summed E-state index contributed by atoms with van der Waals surface area (Å²) < 4.78 is 0. The maximum atomic E-state index is 10.6. The minimum Gasteiger partial charge on any atom is -0.355 e. The Morgan fingerprint density at radius 3 is 2.62 bits per heavy atom. The molecule has 1 saturated heterocycles. The van der Waals surface area contributed by atoms with Crippen molar-refractivity contribution in [1.29, 1.82) is 0 Å². The molecule has 1 amide bonds. The maximum Gasteiger partial charge on any atom is 0.216 e. The Bertz CT molecular complexity index is 176. The van der Waals surface area contributed by atoms with Crippen molar-refractivity contribution >= 4 is 5.91 Å². The van der Waals surface area contributed by atoms with Gasteiger partial charge in [0.05, 0.1) is 0 Å². The van der Waals surface area contributed by atoms with Gasteiger partial charge in [0.15, 0.2) is 0 Å². The molecule has 1 aliphatic rings. The molecule has 0 atom stereocenters. The highest BCUT2D eigenvalue weighted by Gasteiger charge is 2.27. The lowest BCUT2D eigenvalue weighted by atomic mass is 10.1. The first kappa shape index (κ1) is 10.5. The monoisotopic (exact) mass is 185 g/mol. The van der Waals surface area contributed by atoms with Crippen molar-refractivity contribution in [3.05, 3.63) is 0 Å². The van der Waals surface area contributed by atoms with Gasteiger partial charge in [-0.25, -0.2) is 0 Å². The molecule has 0 aromatic heterocycles. The van der Waals surface area contributed by atoms with E-state index in [-0.39, 0.29) is 5.91 Å². The Kier molecular flexibility index (Phi) is 3.69. The zero-order chi connectivity index (χ0) is 9.84. The topological polar surface area (TPSA) is 35.6 Å². The number of carbonyl (C=O) groups excluding carboxylic acids is 1. The molecule has 0 bridgehead atoms. The van der Waals surface area contributed by atoms with Crippen LogP contribution in [0.1, 0.15) is 6.92 Å². The van der Waals surface area contributed by atoms with E-state index in [0.717, 1.165) is 26.2 Å². The van der Waals surface area contributed by atoms with E-state index in [4.69, 9.17) is 0 Å². The normalized spacial score (nSPS) is 18.8. The van der Waals surface area contributed by atoms with Gasteiger partial charge >= 0.3 is 0 Å². The summed E-state index contributed by atoms with van der Waals surface area (Å²) in [5, 5.41) is 2.79. The van der Waals surface area contributed by atoms with Gasteiger partial charge < -0.3 is 10.2 Å². The molecule has 13 heavy (non-hydrogen) atoms. The van der Waals surface area contributed by atoms with Gasteiger partial charge in [-0.05, 0) is 14.1 Å². The third-order valence-electron chi connectivity index (χ3n) is 2.47. The Hall–Kier alpha value is -0.610. The van der Waals surface area contributed by atoms with Crippen LogP contribution >= 0.6 is 0 Å². The molecule has 0 aromatic rings. The minimum atomic E-state index is 0.0599. The maximum absolute atomic E-state index is 10.6. The van der Waals surface area contributed by atoms with Gasteiger partial charge in [0.25, 0.3) is 0 Å². The van der Waals surface area contributed by atoms with Crippen LogP contribution in [0, 0.1) is 0 Å². The molecule has 1 aliphatic heterocycles. The molecule has 0 aliphatic carbocycles. The van der Waals surface area contributed by atoms with Crippen LogP contribution in [0.2, 0.25) is 0 Å². The molecule has 1 rings (SSSR count). The number of carbonyl (C=O) groups is 1. The lowest BCUT2D eigenvalue weighted by Crippen LogP contribution is -2.58. The van der Waals surface area contributed by atoms with Crippen LogP contribution in [0.15, 0.2) is 0 Å². The number of likely N-dealkylation sites (N-methyl/N-ethyl adjacent to an activating group) is 1. The van der Waals surface area contributed by atoms with Crippen molar-refractivity contribution < 1.29 is 4.79 Å². The van der Waals surface area contributed by atoms with E-state index < -0.39 is 0 Å². The molecular formula is C9H19N3O.